The molecule has 2 amide bonds. The van der Waals surface area contributed by atoms with E-state index in [-0.39, 0.29) is 47.3 Å². The topological polar surface area (TPSA) is 93.9 Å². The Morgan fingerprint density at radius 1 is 1.20 bits per heavy atom. The van der Waals surface area contributed by atoms with Gasteiger partial charge < -0.3 is 25.4 Å². The predicted molar refractivity (Wildman–Crippen MR) is 136 cm³/mol. The van der Waals surface area contributed by atoms with Gasteiger partial charge in [-0.05, 0) is 62.6 Å². The Bertz CT molecular complexity index is 981. The molecule has 1 aromatic rings. The third kappa shape index (κ3) is 4.82. The lowest BCUT2D eigenvalue weighted by atomic mass is 9.73. The van der Waals surface area contributed by atoms with Crippen molar-refractivity contribution in [3.05, 3.63) is 29.3 Å². The number of benzene rings is 1. The predicted octanol–water partition coefficient (Wildman–Crippen LogP) is 3.69. The van der Waals surface area contributed by atoms with E-state index < -0.39 is 17.7 Å². The molecule has 3 aliphatic heterocycles. The van der Waals surface area contributed by atoms with Crippen molar-refractivity contribution in [3.8, 4) is 5.75 Å². The molecule has 0 saturated carbocycles. The lowest BCUT2D eigenvalue weighted by molar-refractivity contribution is -0.168. The van der Waals surface area contributed by atoms with Gasteiger partial charge in [-0.15, -0.1) is 0 Å². The van der Waals surface area contributed by atoms with Crippen LogP contribution in [0.4, 0.5) is 0 Å². The van der Waals surface area contributed by atoms with Crippen LogP contribution >= 0.6 is 0 Å². The molecule has 7 nitrogen and oxygen atoms in total. The second-order valence-corrected chi connectivity index (χ2v) is 12.6. The average Bonchev–Trinajstić information content (AvgIpc) is 3.17. The minimum atomic E-state index is -0.660. The highest BCUT2D eigenvalue weighted by Crippen LogP contribution is 2.53. The van der Waals surface area contributed by atoms with Gasteiger partial charge in [0.2, 0.25) is 11.8 Å². The molecule has 3 N–H and O–H groups in total. The Morgan fingerprint density at radius 3 is 2.49 bits per heavy atom. The van der Waals surface area contributed by atoms with E-state index in [9.17, 15) is 9.59 Å². The molecule has 7 heteroatoms. The number of likely N-dealkylation sites (tertiary alicyclic amines) is 1. The van der Waals surface area contributed by atoms with Gasteiger partial charge in [-0.1, -0.05) is 40.7 Å². The fraction of sp³-hybridized carbons (Fsp3) is 0.714. The number of nitrogens with one attached hydrogen (secondary N) is 1. The first-order chi connectivity index (χ1) is 16.2. The molecule has 2 fully saturated rings. The SMILES string of the molecule is CC(C)[C@H](NC(=O)[C@H](C)N)C(=O)N1CC[C@H]2O[C@H]3c4cc(C(C)(C)C)ccc4OC(C)(C)[C@@H]3C[C@H]21. The van der Waals surface area contributed by atoms with E-state index in [1.807, 2.05) is 18.7 Å². The number of carbonyl (C=O) groups is 2. The Morgan fingerprint density at radius 2 is 1.89 bits per heavy atom. The Balaban J connectivity index is 1.60. The molecule has 0 radical (unpaired) electrons. The normalized spacial score (nSPS) is 28.9. The largest absolute Gasteiger partial charge is 0.487 e. The maximum atomic E-state index is 13.7. The summed E-state index contributed by atoms with van der Waals surface area (Å²) in [5.74, 6) is 0.608. The summed E-state index contributed by atoms with van der Waals surface area (Å²) in [6.45, 7) is 17.0. The molecule has 0 aromatic heterocycles. The Labute approximate surface area is 210 Å². The summed E-state index contributed by atoms with van der Waals surface area (Å²) in [6.07, 6.45) is 1.50. The first-order valence-corrected chi connectivity index (χ1v) is 13.1. The van der Waals surface area contributed by atoms with E-state index in [1.165, 1.54) is 5.56 Å². The zero-order chi connectivity index (χ0) is 25.9. The van der Waals surface area contributed by atoms with Gasteiger partial charge in [-0.2, -0.15) is 0 Å². The molecule has 3 heterocycles. The third-order valence-corrected chi connectivity index (χ3v) is 8.04. The number of carbonyl (C=O) groups excluding carboxylic acids is 2. The summed E-state index contributed by atoms with van der Waals surface area (Å²) in [7, 11) is 0. The maximum Gasteiger partial charge on any atom is 0.245 e. The molecule has 35 heavy (non-hydrogen) atoms. The van der Waals surface area contributed by atoms with Crippen LogP contribution in [0.25, 0.3) is 0 Å². The van der Waals surface area contributed by atoms with E-state index >= 15 is 0 Å². The summed E-state index contributed by atoms with van der Waals surface area (Å²) < 4.78 is 13.3. The number of rotatable bonds is 4. The Kier molecular flexibility index (Phi) is 6.73. The molecule has 0 unspecified atom stereocenters. The number of fused-ring (bicyclic) bond motifs is 4. The van der Waals surface area contributed by atoms with Crippen LogP contribution < -0.4 is 15.8 Å². The highest BCUT2D eigenvalue weighted by atomic mass is 16.5. The first-order valence-electron chi connectivity index (χ1n) is 13.1. The molecule has 1 aromatic carbocycles. The number of nitrogens with two attached hydrogens (primary N) is 1. The van der Waals surface area contributed by atoms with Crippen LogP contribution in [0, 0.1) is 11.8 Å². The molecule has 0 aliphatic carbocycles. The second-order valence-electron chi connectivity index (χ2n) is 12.6. The van der Waals surface area contributed by atoms with E-state index in [2.05, 4.69) is 58.1 Å². The minimum Gasteiger partial charge on any atom is -0.487 e. The molecule has 0 bridgehead atoms. The van der Waals surface area contributed by atoms with Gasteiger partial charge in [0.1, 0.15) is 17.4 Å². The van der Waals surface area contributed by atoms with Gasteiger partial charge in [0.15, 0.2) is 0 Å². The van der Waals surface area contributed by atoms with E-state index in [4.69, 9.17) is 15.2 Å². The van der Waals surface area contributed by atoms with E-state index in [1.54, 1.807) is 6.92 Å². The standard InChI is InChI=1S/C28H43N3O4/c1-15(2)23(30-25(32)16(3)29)26(33)31-12-11-22-20(31)14-19-24(34-22)18-13-17(27(4,5)6)9-10-21(18)35-28(19,7)8/h9-10,13,15-16,19-20,22-24H,11-12,14,29H2,1-8H3,(H,30,32)/t16-,19+,20+,22+,23-,24-/m0/s1. The molecule has 0 spiro atoms. The highest BCUT2D eigenvalue weighted by Gasteiger charge is 2.54. The van der Waals surface area contributed by atoms with Crippen LogP contribution in [0.1, 0.15) is 85.5 Å². The number of hydrogen-bond acceptors (Lipinski definition) is 5. The first kappa shape index (κ1) is 26.0. The highest BCUT2D eigenvalue weighted by molar-refractivity contribution is 5.90. The van der Waals surface area contributed by atoms with Crippen molar-refractivity contribution in [1.29, 1.82) is 0 Å². The molecule has 2 saturated heterocycles. The number of hydrogen-bond donors (Lipinski definition) is 2. The summed E-state index contributed by atoms with van der Waals surface area (Å²) in [5, 5.41) is 2.87. The van der Waals surface area contributed by atoms with Crippen molar-refractivity contribution < 1.29 is 19.1 Å². The summed E-state index contributed by atoms with van der Waals surface area (Å²) in [5.41, 5.74) is 7.74. The fourth-order valence-electron chi connectivity index (χ4n) is 5.81. The smallest absolute Gasteiger partial charge is 0.245 e. The minimum absolute atomic E-state index is 0.0303. The van der Waals surface area contributed by atoms with Crippen molar-refractivity contribution >= 4 is 11.8 Å². The van der Waals surface area contributed by atoms with Crippen molar-refractivity contribution in [1.82, 2.24) is 10.2 Å². The average molecular weight is 486 g/mol. The van der Waals surface area contributed by atoms with Crippen molar-refractivity contribution in [2.75, 3.05) is 6.54 Å². The zero-order valence-electron chi connectivity index (χ0n) is 22.6. The van der Waals surface area contributed by atoms with Crippen LogP contribution in [-0.4, -0.2) is 53.1 Å². The molecular formula is C28H43N3O4. The monoisotopic (exact) mass is 485 g/mol. The summed E-state index contributed by atoms with van der Waals surface area (Å²) in [4.78, 5) is 27.9. The van der Waals surface area contributed by atoms with Crippen LogP contribution in [0.5, 0.6) is 5.75 Å². The molecule has 3 aliphatic rings. The van der Waals surface area contributed by atoms with Crippen molar-refractivity contribution in [2.24, 2.45) is 17.6 Å². The van der Waals surface area contributed by atoms with E-state index in [0.29, 0.717) is 6.54 Å². The summed E-state index contributed by atoms with van der Waals surface area (Å²) in [6, 6.07) is 5.19. The lowest BCUT2D eigenvalue weighted by Gasteiger charge is -2.51. The van der Waals surface area contributed by atoms with E-state index in [0.717, 1.165) is 24.2 Å². The van der Waals surface area contributed by atoms with Crippen molar-refractivity contribution in [2.45, 2.75) is 110 Å². The van der Waals surface area contributed by atoms with Gasteiger partial charge >= 0.3 is 0 Å². The molecular weight excluding hydrogens is 442 g/mol. The molecule has 6 atom stereocenters. The van der Waals surface area contributed by atoms with Crippen molar-refractivity contribution in [3.63, 3.8) is 0 Å². The Hall–Kier alpha value is -2.12. The molecule has 194 valence electrons. The summed E-state index contributed by atoms with van der Waals surface area (Å²) >= 11 is 0. The van der Waals surface area contributed by atoms with Crippen LogP contribution in [0.15, 0.2) is 18.2 Å². The number of nitrogens with zero attached hydrogens (tertiary/aromatic N) is 1. The number of amides is 2. The quantitative estimate of drug-likeness (QED) is 0.678. The fourth-order valence-corrected chi connectivity index (χ4v) is 5.81. The zero-order valence-corrected chi connectivity index (χ0v) is 22.6. The lowest BCUT2D eigenvalue weighted by Crippen LogP contribution is -2.58. The third-order valence-electron chi connectivity index (χ3n) is 8.04. The van der Waals surface area contributed by atoms with Gasteiger partial charge in [0.05, 0.1) is 24.3 Å². The second kappa shape index (κ2) is 9.07. The maximum absolute atomic E-state index is 13.7. The van der Waals surface area contributed by atoms with Gasteiger partial charge in [-0.25, -0.2) is 0 Å². The van der Waals surface area contributed by atoms with Crippen LogP contribution in [-0.2, 0) is 19.7 Å². The number of ether oxygens (including phenoxy) is 2. The van der Waals surface area contributed by atoms with Crippen LogP contribution in [0.2, 0.25) is 0 Å². The van der Waals surface area contributed by atoms with Gasteiger partial charge in [-0.3, -0.25) is 9.59 Å². The van der Waals surface area contributed by atoms with Crippen LogP contribution in [0.3, 0.4) is 0 Å². The van der Waals surface area contributed by atoms with Gasteiger partial charge in [0.25, 0.3) is 0 Å². The van der Waals surface area contributed by atoms with Gasteiger partial charge in [0, 0.05) is 18.0 Å². The molecule has 4 rings (SSSR count).